The highest BCUT2D eigenvalue weighted by molar-refractivity contribution is 5.75. The highest BCUT2D eigenvalue weighted by Crippen LogP contribution is 2.22. The Kier molecular flexibility index (Phi) is 4.80. The van der Waals surface area contributed by atoms with Crippen LogP contribution in [0.4, 0.5) is 5.69 Å². The molecule has 0 saturated carbocycles. The molecule has 1 heterocycles. The van der Waals surface area contributed by atoms with Gasteiger partial charge in [0.1, 0.15) is 6.04 Å². The van der Waals surface area contributed by atoms with Gasteiger partial charge in [-0.05, 0) is 18.1 Å². The smallest absolute Gasteiger partial charge is 0.322 e. The van der Waals surface area contributed by atoms with Gasteiger partial charge in [0.15, 0.2) is 0 Å². The van der Waals surface area contributed by atoms with Crippen molar-refractivity contribution >= 4 is 11.7 Å². The summed E-state index contributed by atoms with van der Waals surface area (Å²) < 4.78 is 4.56. The van der Waals surface area contributed by atoms with Gasteiger partial charge in [0.05, 0.1) is 17.7 Å². The van der Waals surface area contributed by atoms with Gasteiger partial charge in [-0.1, -0.05) is 18.2 Å². The number of hydrogen-bond acceptors (Lipinski definition) is 6. The molecular weight excluding hydrogens is 286 g/mol. The Morgan fingerprint density at radius 2 is 2.18 bits per heavy atom. The Balaban J connectivity index is 2.17. The van der Waals surface area contributed by atoms with E-state index in [-0.39, 0.29) is 5.69 Å². The fraction of sp³-hybridized carbons (Fsp3) is 0.200. The number of carbonyl (C=O) groups excluding carboxylic acids is 1. The van der Waals surface area contributed by atoms with Crippen molar-refractivity contribution in [1.82, 2.24) is 4.98 Å². The van der Waals surface area contributed by atoms with Gasteiger partial charge in [0.25, 0.3) is 5.69 Å². The maximum Gasteiger partial charge on any atom is 0.322 e. The number of nitrogens with two attached hydrogens (primary N) is 1. The minimum Gasteiger partial charge on any atom is -0.468 e. The predicted molar refractivity (Wildman–Crippen MR) is 80.0 cm³/mol. The second-order valence-corrected chi connectivity index (χ2v) is 4.69. The van der Waals surface area contributed by atoms with Crippen molar-refractivity contribution in [3.05, 3.63) is 58.3 Å². The largest absolute Gasteiger partial charge is 0.468 e. The van der Waals surface area contributed by atoms with E-state index in [1.165, 1.54) is 19.2 Å². The summed E-state index contributed by atoms with van der Waals surface area (Å²) in [4.78, 5) is 25.9. The van der Waals surface area contributed by atoms with E-state index in [4.69, 9.17) is 5.73 Å². The van der Waals surface area contributed by atoms with E-state index in [2.05, 4.69) is 9.72 Å². The fourth-order valence-electron chi connectivity index (χ4n) is 1.98. The van der Waals surface area contributed by atoms with Gasteiger partial charge >= 0.3 is 5.97 Å². The van der Waals surface area contributed by atoms with E-state index in [1.807, 2.05) is 0 Å². The third kappa shape index (κ3) is 3.64. The maximum absolute atomic E-state index is 11.3. The first kappa shape index (κ1) is 15.6. The first-order chi connectivity index (χ1) is 10.5. The van der Waals surface area contributed by atoms with Crippen LogP contribution in [-0.2, 0) is 16.0 Å². The number of nitro groups is 1. The van der Waals surface area contributed by atoms with Crippen LogP contribution in [-0.4, -0.2) is 29.0 Å². The Hall–Kier alpha value is -2.80. The summed E-state index contributed by atoms with van der Waals surface area (Å²) in [5.41, 5.74) is 7.74. The molecule has 0 fully saturated rings. The Bertz CT molecular complexity index is 685. The Morgan fingerprint density at radius 1 is 1.41 bits per heavy atom. The zero-order chi connectivity index (χ0) is 16.1. The summed E-state index contributed by atoms with van der Waals surface area (Å²) in [6, 6.07) is 9.01. The molecule has 114 valence electrons. The molecule has 7 nitrogen and oxygen atoms in total. The lowest BCUT2D eigenvalue weighted by molar-refractivity contribution is -0.384. The summed E-state index contributed by atoms with van der Waals surface area (Å²) in [5.74, 6) is -0.484. The van der Waals surface area contributed by atoms with Crippen molar-refractivity contribution in [2.45, 2.75) is 12.5 Å². The van der Waals surface area contributed by atoms with Crippen LogP contribution in [0.1, 0.15) is 5.56 Å². The molecule has 2 aromatic rings. The van der Waals surface area contributed by atoms with Gasteiger partial charge in [-0.2, -0.15) is 0 Å². The van der Waals surface area contributed by atoms with E-state index in [1.54, 1.807) is 30.5 Å². The summed E-state index contributed by atoms with van der Waals surface area (Å²) in [6.07, 6.45) is 1.91. The van der Waals surface area contributed by atoms with Gasteiger partial charge in [0, 0.05) is 23.9 Å². The fourth-order valence-corrected chi connectivity index (χ4v) is 1.98. The molecule has 22 heavy (non-hydrogen) atoms. The minimum absolute atomic E-state index is 0.0103. The zero-order valence-corrected chi connectivity index (χ0v) is 11.9. The van der Waals surface area contributed by atoms with Gasteiger partial charge in [-0.3, -0.25) is 19.9 Å². The van der Waals surface area contributed by atoms with Crippen LogP contribution in [0.2, 0.25) is 0 Å². The van der Waals surface area contributed by atoms with Crippen LogP contribution < -0.4 is 5.73 Å². The normalized spacial score (nSPS) is 11.7. The molecule has 2 rings (SSSR count). The number of non-ortho nitro benzene ring substituents is 1. The molecule has 1 aromatic carbocycles. The quantitative estimate of drug-likeness (QED) is 0.511. The molecule has 0 saturated heterocycles. The number of nitro benzene ring substituents is 1. The van der Waals surface area contributed by atoms with Crippen molar-refractivity contribution in [1.29, 1.82) is 0 Å². The SMILES string of the molecule is COC(=O)[C@@H](N)Cc1ccc(-c2cccc([N+](=O)[O-])c2)nc1. The standard InChI is InChI=1S/C15H15N3O4/c1-22-15(19)13(16)7-10-5-6-14(17-9-10)11-3-2-4-12(8-11)18(20)21/h2-6,8-9,13H,7,16H2,1H3/t13-/m0/s1. The second kappa shape index (κ2) is 6.77. The molecule has 0 aliphatic heterocycles. The number of pyridine rings is 1. The number of carbonyl (C=O) groups is 1. The molecule has 0 amide bonds. The van der Waals surface area contributed by atoms with Crippen molar-refractivity contribution in [2.75, 3.05) is 7.11 Å². The first-order valence-electron chi connectivity index (χ1n) is 6.54. The summed E-state index contributed by atoms with van der Waals surface area (Å²) in [5, 5.41) is 10.8. The number of hydrogen-bond donors (Lipinski definition) is 1. The van der Waals surface area contributed by atoms with Crippen LogP contribution in [0.5, 0.6) is 0 Å². The topological polar surface area (TPSA) is 108 Å². The van der Waals surface area contributed by atoms with E-state index < -0.39 is 16.9 Å². The van der Waals surface area contributed by atoms with Crippen molar-refractivity contribution < 1.29 is 14.5 Å². The third-order valence-electron chi connectivity index (χ3n) is 3.14. The van der Waals surface area contributed by atoms with Crippen LogP contribution in [0, 0.1) is 10.1 Å². The summed E-state index contributed by atoms with van der Waals surface area (Å²) in [7, 11) is 1.28. The van der Waals surface area contributed by atoms with E-state index in [0.717, 1.165) is 5.56 Å². The minimum atomic E-state index is -0.740. The lowest BCUT2D eigenvalue weighted by Gasteiger charge is -2.09. The van der Waals surface area contributed by atoms with E-state index in [0.29, 0.717) is 17.7 Å². The number of ether oxygens (including phenoxy) is 1. The predicted octanol–water partition coefficient (Wildman–Crippen LogP) is 1.70. The zero-order valence-electron chi connectivity index (χ0n) is 11.9. The Morgan fingerprint density at radius 3 is 2.77 bits per heavy atom. The molecule has 2 N–H and O–H groups in total. The van der Waals surface area contributed by atoms with Crippen molar-refractivity contribution in [3.63, 3.8) is 0 Å². The molecular formula is C15H15N3O4. The molecule has 0 spiro atoms. The first-order valence-corrected chi connectivity index (χ1v) is 6.54. The van der Waals surface area contributed by atoms with Crippen LogP contribution in [0.15, 0.2) is 42.6 Å². The third-order valence-corrected chi connectivity index (χ3v) is 3.14. The molecule has 0 aliphatic rings. The molecule has 0 bridgehead atoms. The van der Waals surface area contributed by atoms with Gasteiger partial charge in [-0.15, -0.1) is 0 Å². The average Bonchev–Trinajstić information content (AvgIpc) is 2.54. The van der Waals surface area contributed by atoms with Crippen molar-refractivity contribution in [2.24, 2.45) is 5.73 Å². The Labute approximate surface area is 126 Å². The highest BCUT2D eigenvalue weighted by atomic mass is 16.6. The molecule has 0 unspecified atom stereocenters. The molecule has 7 heteroatoms. The van der Waals surface area contributed by atoms with Crippen LogP contribution in [0.25, 0.3) is 11.3 Å². The summed E-state index contributed by atoms with van der Waals surface area (Å²) >= 11 is 0. The van der Waals surface area contributed by atoms with Gasteiger partial charge in [0.2, 0.25) is 0 Å². The highest BCUT2D eigenvalue weighted by Gasteiger charge is 2.14. The molecule has 0 aliphatic carbocycles. The van der Waals surface area contributed by atoms with Crippen LogP contribution >= 0.6 is 0 Å². The van der Waals surface area contributed by atoms with E-state index >= 15 is 0 Å². The van der Waals surface area contributed by atoms with Crippen molar-refractivity contribution in [3.8, 4) is 11.3 Å². The monoisotopic (exact) mass is 301 g/mol. The maximum atomic E-state index is 11.3. The number of nitrogens with zero attached hydrogens (tertiary/aromatic N) is 2. The van der Waals surface area contributed by atoms with E-state index in [9.17, 15) is 14.9 Å². The summed E-state index contributed by atoms with van der Waals surface area (Å²) in [6.45, 7) is 0. The number of rotatable bonds is 5. The molecule has 1 atom stereocenters. The lowest BCUT2D eigenvalue weighted by Crippen LogP contribution is -2.33. The lowest BCUT2D eigenvalue weighted by atomic mass is 10.1. The number of benzene rings is 1. The molecule has 1 aromatic heterocycles. The van der Waals surface area contributed by atoms with Gasteiger partial charge < -0.3 is 10.5 Å². The second-order valence-electron chi connectivity index (χ2n) is 4.69. The van der Waals surface area contributed by atoms with Gasteiger partial charge in [-0.25, -0.2) is 0 Å². The number of aromatic nitrogens is 1. The molecule has 0 radical (unpaired) electrons. The number of esters is 1. The van der Waals surface area contributed by atoms with Crippen LogP contribution in [0.3, 0.4) is 0 Å². The average molecular weight is 301 g/mol. The number of methoxy groups -OCH3 is 1.